The monoisotopic (exact) mass is 338 g/mol. The summed E-state index contributed by atoms with van der Waals surface area (Å²) in [5, 5.41) is 2.60. The molecule has 1 aromatic rings. The van der Waals surface area contributed by atoms with Crippen LogP contribution in [0.4, 0.5) is 8.78 Å². The summed E-state index contributed by atoms with van der Waals surface area (Å²) in [5.41, 5.74) is -0.785. The van der Waals surface area contributed by atoms with Gasteiger partial charge < -0.3 is 10.2 Å². The molecule has 0 aliphatic carbocycles. The molecule has 0 radical (unpaired) electrons. The second-order valence-electron chi connectivity index (χ2n) is 6.51. The first-order valence-corrected chi connectivity index (χ1v) is 8.33. The summed E-state index contributed by atoms with van der Waals surface area (Å²) in [5.74, 6) is -1.76. The highest BCUT2D eigenvalue weighted by Gasteiger charge is 2.45. The quantitative estimate of drug-likeness (QED) is 0.897. The molecule has 2 rings (SSSR count). The second-order valence-corrected chi connectivity index (χ2v) is 6.51. The predicted molar refractivity (Wildman–Crippen MR) is 87.2 cm³/mol. The highest BCUT2D eigenvalue weighted by molar-refractivity contribution is 5.91. The Labute approximate surface area is 141 Å². The van der Waals surface area contributed by atoms with E-state index in [9.17, 15) is 18.4 Å². The van der Waals surface area contributed by atoms with E-state index in [0.29, 0.717) is 31.4 Å². The lowest BCUT2D eigenvalue weighted by atomic mass is 9.97. The highest BCUT2D eigenvalue weighted by Crippen LogP contribution is 2.30. The number of hydrogen-bond donors (Lipinski definition) is 1. The van der Waals surface area contributed by atoms with Gasteiger partial charge in [-0.05, 0) is 44.7 Å². The van der Waals surface area contributed by atoms with Gasteiger partial charge in [-0.2, -0.15) is 0 Å². The molecule has 0 aromatic heterocycles. The van der Waals surface area contributed by atoms with Crippen LogP contribution in [-0.2, 0) is 16.1 Å². The van der Waals surface area contributed by atoms with E-state index in [1.165, 1.54) is 12.1 Å². The molecule has 1 unspecified atom stereocenters. The Morgan fingerprint density at radius 2 is 2.04 bits per heavy atom. The van der Waals surface area contributed by atoms with Crippen LogP contribution in [0.3, 0.4) is 0 Å². The molecule has 1 heterocycles. The smallest absolute Gasteiger partial charge is 0.245 e. The average Bonchev–Trinajstić information content (AvgIpc) is 2.94. The standard InChI is InChI=1S/C18H24F2N2O2/c1-4-6-15(23)22-10-5-9-18(22,3)17(24)21-11-13-14(19)8-7-12(2)16(13)20/h7-8H,4-6,9-11H2,1-3H3,(H,21,24). The minimum atomic E-state index is -0.955. The van der Waals surface area contributed by atoms with Crippen LogP contribution in [0.5, 0.6) is 0 Å². The van der Waals surface area contributed by atoms with Gasteiger partial charge in [-0.3, -0.25) is 9.59 Å². The van der Waals surface area contributed by atoms with Crippen LogP contribution < -0.4 is 5.32 Å². The van der Waals surface area contributed by atoms with Crippen molar-refractivity contribution < 1.29 is 18.4 Å². The molecule has 1 aliphatic rings. The Morgan fingerprint density at radius 3 is 2.71 bits per heavy atom. The summed E-state index contributed by atoms with van der Waals surface area (Å²) >= 11 is 0. The van der Waals surface area contributed by atoms with Crippen molar-refractivity contribution in [1.82, 2.24) is 10.2 Å². The average molecular weight is 338 g/mol. The van der Waals surface area contributed by atoms with Gasteiger partial charge in [0.2, 0.25) is 11.8 Å². The number of aryl methyl sites for hydroxylation is 1. The number of amides is 2. The number of rotatable bonds is 5. The van der Waals surface area contributed by atoms with Gasteiger partial charge in [-0.15, -0.1) is 0 Å². The number of nitrogens with zero attached hydrogens (tertiary/aromatic N) is 1. The molecule has 1 atom stereocenters. The van der Waals surface area contributed by atoms with Crippen LogP contribution >= 0.6 is 0 Å². The van der Waals surface area contributed by atoms with Gasteiger partial charge in [-0.1, -0.05) is 13.0 Å². The van der Waals surface area contributed by atoms with Gasteiger partial charge in [-0.25, -0.2) is 8.78 Å². The fraction of sp³-hybridized carbons (Fsp3) is 0.556. The number of nitrogens with one attached hydrogen (secondary N) is 1. The van der Waals surface area contributed by atoms with Crippen LogP contribution in [0.2, 0.25) is 0 Å². The first-order chi connectivity index (χ1) is 11.3. The maximum atomic E-state index is 14.0. The van der Waals surface area contributed by atoms with Crippen molar-refractivity contribution >= 4 is 11.8 Å². The van der Waals surface area contributed by atoms with Gasteiger partial charge in [0.15, 0.2) is 0 Å². The van der Waals surface area contributed by atoms with Gasteiger partial charge >= 0.3 is 0 Å². The Kier molecular flexibility index (Phi) is 5.57. The first kappa shape index (κ1) is 18.4. The molecule has 0 bridgehead atoms. The van der Waals surface area contributed by atoms with E-state index in [4.69, 9.17) is 0 Å². The summed E-state index contributed by atoms with van der Waals surface area (Å²) in [7, 11) is 0. The van der Waals surface area contributed by atoms with Crippen molar-refractivity contribution in [3.8, 4) is 0 Å². The highest BCUT2D eigenvalue weighted by atomic mass is 19.1. The maximum absolute atomic E-state index is 14.0. The molecule has 24 heavy (non-hydrogen) atoms. The largest absolute Gasteiger partial charge is 0.350 e. The van der Waals surface area contributed by atoms with E-state index < -0.39 is 17.2 Å². The molecule has 1 saturated heterocycles. The predicted octanol–water partition coefficient (Wildman–Crippen LogP) is 3.07. The third-order valence-corrected chi connectivity index (χ3v) is 4.70. The molecule has 1 aromatic carbocycles. The zero-order chi connectivity index (χ0) is 17.9. The molecule has 1 aliphatic heterocycles. The van der Waals surface area contributed by atoms with Crippen LogP contribution in [-0.4, -0.2) is 28.8 Å². The fourth-order valence-electron chi connectivity index (χ4n) is 3.18. The van der Waals surface area contributed by atoms with Crippen LogP contribution in [0.25, 0.3) is 0 Å². The Hall–Kier alpha value is -1.98. The molecular weight excluding hydrogens is 314 g/mol. The van der Waals surface area contributed by atoms with Crippen LogP contribution in [0.15, 0.2) is 12.1 Å². The summed E-state index contributed by atoms with van der Waals surface area (Å²) in [4.78, 5) is 26.4. The Bertz CT molecular complexity index is 648. The molecule has 132 valence electrons. The SMILES string of the molecule is CCCC(=O)N1CCCC1(C)C(=O)NCc1c(F)ccc(C)c1F. The molecule has 6 heteroatoms. The fourth-order valence-corrected chi connectivity index (χ4v) is 3.18. The van der Waals surface area contributed by atoms with E-state index in [-0.39, 0.29) is 23.9 Å². The first-order valence-electron chi connectivity index (χ1n) is 8.33. The maximum Gasteiger partial charge on any atom is 0.245 e. The van der Waals surface area contributed by atoms with E-state index in [1.807, 2.05) is 6.92 Å². The summed E-state index contributed by atoms with van der Waals surface area (Å²) in [6.07, 6.45) is 2.40. The molecule has 2 amide bonds. The lowest BCUT2D eigenvalue weighted by Gasteiger charge is -2.34. The molecular formula is C18H24F2N2O2. The lowest BCUT2D eigenvalue weighted by molar-refractivity contribution is -0.144. The molecule has 4 nitrogen and oxygen atoms in total. The van der Waals surface area contributed by atoms with E-state index in [0.717, 1.165) is 6.42 Å². The minimum absolute atomic E-state index is 0.0550. The summed E-state index contributed by atoms with van der Waals surface area (Å²) in [6, 6.07) is 2.55. The normalized spacial score (nSPS) is 20.3. The number of carbonyl (C=O) groups is 2. The van der Waals surface area contributed by atoms with E-state index >= 15 is 0 Å². The molecule has 1 fully saturated rings. The molecule has 1 N–H and O–H groups in total. The number of hydrogen-bond acceptors (Lipinski definition) is 2. The number of halogens is 2. The van der Waals surface area contributed by atoms with Gasteiger partial charge in [0.05, 0.1) is 0 Å². The van der Waals surface area contributed by atoms with E-state index in [1.54, 1.807) is 18.7 Å². The molecule has 0 saturated carbocycles. The zero-order valence-corrected chi connectivity index (χ0v) is 14.4. The molecule has 0 spiro atoms. The van der Waals surface area contributed by atoms with Crippen molar-refractivity contribution in [2.45, 2.75) is 58.5 Å². The third-order valence-electron chi connectivity index (χ3n) is 4.70. The summed E-state index contributed by atoms with van der Waals surface area (Å²) in [6.45, 7) is 5.48. The van der Waals surface area contributed by atoms with Gasteiger partial charge in [0.25, 0.3) is 0 Å². The minimum Gasteiger partial charge on any atom is -0.350 e. The Balaban J connectivity index is 2.12. The number of benzene rings is 1. The zero-order valence-electron chi connectivity index (χ0n) is 14.4. The van der Waals surface area contributed by atoms with Crippen molar-refractivity contribution in [2.24, 2.45) is 0 Å². The topological polar surface area (TPSA) is 49.4 Å². The van der Waals surface area contributed by atoms with Gasteiger partial charge in [0.1, 0.15) is 17.2 Å². The van der Waals surface area contributed by atoms with Crippen LogP contribution in [0.1, 0.15) is 50.7 Å². The van der Waals surface area contributed by atoms with E-state index in [2.05, 4.69) is 5.32 Å². The number of carbonyl (C=O) groups excluding carboxylic acids is 2. The summed E-state index contributed by atoms with van der Waals surface area (Å²) < 4.78 is 27.8. The van der Waals surface area contributed by atoms with Crippen LogP contribution in [0, 0.1) is 18.6 Å². The van der Waals surface area contributed by atoms with Crippen molar-refractivity contribution in [3.63, 3.8) is 0 Å². The van der Waals surface area contributed by atoms with Crippen molar-refractivity contribution in [1.29, 1.82) is 0 Å². The number of likely N-dealkylation sites (tertiary alicyclic amines) is 1. The second kappa shape index (κ2) is 7.28. The van der Waals surface area contributed by atoms with Crippen molar-refractivity contribution in [3.05, 3.63) is 34.9 Å². The van der Waals surface area contributed by atoms with Gasteiger partial charge in [0, 0.05) is 25.1 Å². The van der Waals surface area contributed by atoms with Crippen molar-refractivity contribution in [2.75, 3.05) is 6.54 Å². The Morgan fingerprint density at radius 1 is 1.33 bits per heavy atom. The third kappa shape index (κ3) is 3.42. The lowest BCUT2D eigenvalue weighted by Crippen LogP contribution is -2.55.